The van der Waals surface area contributed by atoms with Crippen molar-refractivity contribution in [2.75, 3.05) is 7.11 Å². The molecule has 3 heteroatoms. The second-order valence-electron chi connectivity index (χ2n) is 4.31. The minimum absolute atomic E-state index is 0.248. The van der Waals surface area contributed by atoms with Gasteiger partial charge in [0, 0.05) is 0 Å². The minimum Gasteiger partial charge on any atom is -0.497 e. The van der Waals surface area contributed by atoms with Crippen LogP contribution in [-0.2, 0) is 11.2 Å². The van der Waals surface area contributed by atoms with Gasteiger partial charge in [-0.2, -0.15) is 0 Å². The van der Waals surface area contributed by atoms with E-state index in [1.807, 2.05) is 43.3 Å². The molecule has 0 saturated carbocycles. The van der Waals surface area contributed by atoms with Crippen molar-refractivity contribution in [1.29, 1.82) is 0 Å². The molecule has 0 spiro atoms. The standard InChI is InChI=1S/C16H16O3/c1-12-3-7-15(8-4-12)19-16(17)11-13-5-9-14(18-2)10-6-13/h3-10H,11H2,1-2H3. The molecule has 0 saturated heterocycles. The SMILES string of the molecule is COc1ccc(CC(=O)Oc2ccc(C)cc2)cc1. The highest BCUT2D eigenvalue weighted by atomic mass is 16.5. The van der Waals surface area contributed by atoms with Gasteiger partial charge < -0.3 is 9.47 Å². The summed E-state index contributed by atoms with van der Waals surface area (Å²) in [4.78, 5) is 11.8. The maximum atomic E-state index is 11.8. The molecule has 0 aromatic heterocycles. The van der Waals surface area contributed by atoms with Crippen molar-refractivity contribution < 1.29 is 14.3 Å². The number of hydrogen-bond donors (Lipinski definition) is 0. The van der Waals surface area contributed by atoms with E-state index in [1.54, 1.807) is 19.2 Å². The average molecular weight is 256 g/mol. The Balaban J connectivity index is 1.95. The maximum Gasteiger partial charge on any atom is 0.315 e. The Morgan fingerprint density at radius 2 is 1.53 bits per heavy atom. The summed E-state index contributed by atoms with van der Waals surface area (Å²) in [7, 11) is 1.61. The Hall–Kier alpha value is -2.29. The zero-order chi connectivity index (χ0) is 13.7. The number of aryl methyl sites for hydroxylation is 1. The highest BCUT2D eigenvalue weighted by Gasteiger charge is 2.06. The molecule has 3 nitrogen and oxygen atoms in total. The van der Waals surface area contributed by atoms with Gasteiger partial charge in [0.05, 0.1) is 13.5 Å². The summed E-state index contributed by atoms with van der Waals surface area (Å²) in [6, 6.07) is 14.8. The van der Waals surface area contributed by atoms with E-state index in [1.165, 1.54) is 0 Å². The Kier molecular flexibility index (Phi) is 4.18. The van der Waals surface area contributed by atoms with Gasteiger partial charge in [0.25, 0.3) is 0 Å². The van der Waals surface area contributed by atoms with Crippen molar-refractivity contribution in [1.82, 2.24) is 0 Å². The summed E-state index contributed by atoms with van der Waals surface area (Å²) < 4.78 is 10.3. The number of benzene rings is 2. The summed E-state index contributed by atoms with van der Waals surface area (Å²) >= 11 is 0. The largest absolute Gasteiger partial charge is 0.497 e. The molecule has 0 radical (unpaired) electrons. The molecule has 0 N–H and O–H groups in total. The molecule has 0 amide bonds. The number of rotatable bonds is 4. The van der Waals surface area contributed by atoms with Gasteiger partial charge >= 0.3 is 5.97 Å². The van der Waals surface area contributed by atoms with Gasteiger partial charge in [0.15, 0.2) is 0 Å². The number of hydrogen-bond acceptors (Lipinski definition) is 3. The normalized spacial score (nSPS) is 10.0. The van der Waals surface area contributed by atoms with Crippen LogP contribution in [0.3, 0.4) is 0 Å². The van der Waals surface area contributed by atoms with Crippen molar-refractivity contribution in [3.63, 3.8) is 0 Å². The zero-order valence-corrected chi connectivity index (χ0v) is 11.1. The van der Waals surface area contributed by atoms with Crippen molar-refractivity contribution >= 4 is 5.97 Å². The van der Waals surface area contributed by atoms with Gasteiger partial charge in [0.2, 0.25) is 0 Å². The third-order valence-electron chi connectivity index (χ3n) is 2.76. The molecule has 0 bridgehead atoms. The predicted octanol–water partition coefficient (Wildman–Crippen LogP) is 3.15. The molecule has 19 heavy (non-hydrogen) atoms. The van der Waals surface area contributed by atoms with E-state index in [9.17, 15) is 4.79 Å². The fraction of sp³-hybridized carbons (Fsp3) is 0.188. The fourth-order valence-electron chi connectivity index (χ4n) is 1.68. The monoisotopic (exact) mass is 256 g/mol. The summed E-state index contributed by atoms with van der Waals surface area (Å²) in [6.07, 6.45) is 0.248. The molecule has 0 heterocycles. The van der Waals surface area contributed by atoms with Crippen molar-refractivity contribution in [3.05, 3.63) is 59.7 Å². The number of methoxy groups -OCH3 is 1. The first kappa shape index (κ1) is 13.1. The van der Waals surface area contributed by atoms with Crippen LogP contribution in [0.5, 0.6) is 11.5 Å². The van der Waals surface area contributed by atoms with E-state index in [-0.39, 0.29) is 12.4 Å². The van der Waals surface area contributed by atoms with Crippen LogP contribution in [0.1, 0.15) is 11.1 Å². The van der Waals surface area contributed by atoms with E-state index >= 15 is 0 Å². The molecule has 2 aromatic rings. The number of esters is 1. The quantitative estimate of drug-likeness (QED) is 0.622. The predicted molar refractivity (Wildman–Crippen MR) is 73.5 cm³/mol. The lowest BCUT2D eigenvalue weighted by Gasteiger charge is -2.05. The van der Waals surface area contributed by atoms with Crippen molar-refractivity contribution in [3.8, 4) is 11.5 Å². The number of carbonyl (C=O) groups is 1. The van der Waals surface area contributed by atoms with Gasteiger partial charge in [-0.3, -0.25) is 4.79 Å². The first-order valence-electron chi connectivity index (χ1n) is 6.07. The van der Waals surface area contributed by atoms with E-state index in [2.05, 4.69) is 0 Å². The van der Waals surface area contributed by atoms with Crippen LogP contribution in [0.2, 0.25) is 0 Å². The van der Waals surface area contributed by atoms with Crippen LogP contribution in [0.15, 0.2) is 48.5 Å². The first-order valence-corrected chi connectivity index (χ1v) is 6.07. The van der Waals surface area contributed by atoms with Gasteiger partial charge in [-0.15, -0.1) is 0 Å². The fourth-order valence-corrected chi connectivity index (χ4v) is 1.68. The van der Waals surface area contributed by atoms with Crippen LogP contribution >= 0.6 is 0 Å². The smallest absolute Gasteiger partial charge is 0.315 e. The molecular formula is C16H16O3. The van der Waals surface area contributed by atoms with Crippen molar-refractivity contribution in [2.24, 2.45) is 0 Å². The molecule has 2 aromatic carbocycles. The molecular weight excluding hydrogens is 240 g/mol. The van der Waals surface area contributed by atoms with E-state index in [0.717, 1.165) is 16.9 Å². The molecule has 0 aliphatic carbocycles. The molecule has 0 atom stereocenters. The Bertz CT molecular complexity index is 541. The van der Waals surface area contributed by atoms with Crippen LogP contribution in [0, 0.1) is 6.92 Å². The lowest BCUT2D eigenvalue weighted by molar-refractivity contribution is -0.133. The van der Waals surface area contributed by atoms with Gasteiger partial charge in [-0.05, 0) is 36.8 Å². The Labute approximate surface area is 112 Å². The van der Waals surface area contributed by atoms with E-state index < -0.39 is 0 Å². The number of ether oxygens (including phenoxy) is 2. The van der Waals surface area contributed by atoms with E-state index in [0.29, 0.717) is 5.75 Å². The van der Waals surface area contributed by atoms with Crippen LogP contribution in [0.25, 0.3) is 0 Å². The zero-order valence-electron chi connectivity index (χ0n) is 11.1. The maximum absolute atomic E-state index is 11.8. The van der Waals surface area contributed by atoms with Crippen LogP contribution in [-0.4, -0.2) is 13.1 Å². The molecule has 0 aliphatic heterocycles. The highest BCUT2D eigenvalue weighted by Crippen LogP contribution is 2.14. The first-order chi connectivity index (χ1) is 9.17. The second-order valence-corrected chi connectivity index (χ2v) is 4.31. The summed E-state index contributed by atoms with van der Waals surface area (Å²) in [5.74, 6) is 1.08. The molecule has 0 fully saturated rings. The second kappa shape index (κ2) is 6.05. The third-order valence-corrected chi connectivity index (χ3v) is 2.76. The average Bonchev–Trinajstić information content (AvgIpc) is 2.42. The third kappa shape index (κ3) is 3.85. The van der Waals surface area contributed by atoms with Gasteiger partial charge in [-0.25, -0.2) is 0 Å². The minimum atomic E-state index is -0.269. The molecule has 2 rings (SSSR count). The lowest BCUT2D eigenvalue weighted by Crippen LogP contribution is -2.11. The van der Waals surface area contributed by atoms with Gasteiger partial charge in [-0.1, -0.05) is 29.8 Å². The highest BCUT2D eigenvalue weighted by molar-refractivity contribution is 5.75. The van der Waals surface area contributed by atoms with Crippen LogP contribution < -0.4 is 9.47 Å². The summed E-state index contributed by atoms with van der Waals surface area (Å²) in [5, 5.41) is 0. The Morgan fingerprint density at radius 1 is 0.947 bits per heavy atom. The molecule has 98 valence electrons. The topological polar surface area (TPSA) is 35.5 Å². The molecule has 0 aliphatic rings. The van der Waals surface area contributed by atoms with Gasteiger partial charge in [0.1, 0.15) is 11.5 Å². The molecule has 0 unspecified atom stereocenters. The van der Waals surface area contributed by atoms with Crippen molar-refractivity contribution in [2.45, 2.75) is 13.3 Å². The lowest BCUT2D eigenvalue weighted by atomic mass is 10.1. The van der Waals surface area contributed by atoms with Crippen LogP contribution in [0.4, 0.5) is 0 Å². The number of carbonyl (C=O) groups excluding carboxylic acids is 1. The van der Waals surface area contributed by atoms with E-state index in [4.69, 9.17) is 9.47 Å². The Morgan fingerprint density at radius 3 is 2.11 bits per heavy atom. The summed E-state index contributed by atoms with van der Waals surface area (Å²) in [6.45, 7) is 1.99. The summed E-state index contributed by atoms with van der Waals surface area (Å²) in [5.41, 5.74) is 2.04.